The molecule has 2 heterocycles. The highest BCUT2D eigenvalue weighted by atomic mass is 32.2. The highest BCUT2D eigenvalue weighted by molar-refractivity contribution is 7.97. The summed E-state index contributed by atoms with van der Waals surface area (Å²) in [4.78, 5) is 30.9. The predicted octanol–water partition coefficient (Wildman–Crippen LogP) is 4.22. The molecule has 0 radical (unpaired) electrons. The van der Waals surface area contributed by atoms with Gasteiger partial charge in [0.2, 0.25) is 5.88 Å². The number of methoxy groups -OCH3 is 1. The van der Waals surface area contributed by atoms with Gasteiger partial charge in [-0.3, -0.25) is 4.90 Å². The van der Waals surface area contributed by atoms with Crippen LogP contribution in [0.1, 0.15) is 33.6 Å². The average molecular weight is 507 g/mol. The van der Waals surface area contributed by atoms with Crippen molar-refractivity contribution in [1.29, 1.82) is 0 Å². The number of fused-ring (bicyclic) bond motifs is 1. The first-order chi connectivity index (χ1) is 16.6. The molecular weight excluding hydrogens is 471 g/mol. The maximum atomic E-state index is 14.1. The maximum Gasteiger partial charge on any atom is 0.410 e. The van der Waals surface area contributed by atoms with Gasteiger partial charge in [0.25, 0.3) is 0 Å². The number of amides is 1. The molecule has 10 heteroatoms. The van der Waals surface area contributed by atoms with E-state index in [4.69, 9.17) is 9.47 Å². The summed E-state index contributed by atoms with van der Waals surface area (Å²) in [5.74, 6) is 0.0449. The van der Waals surface area contributed by atoms with Gasteiger partial charge in [-0.2, -0.15) is 0 Å². The first kappa shape index (κ1) is 27.2. The molecule has 1 amide bonds. The van der Waals surface area contributed by atoms with E-state index in [1.165, 1.54) is 18.1 Å². The third kappa shape index (κ3) is 7.78. The van der Waals surface area contributed by atoms with Gasteiger partial charge in [0.05, 0.1) is 19.0 Å². The molecule has 0 unspecified atom stereocenters. The van der Waals surface area contributed by atoms with Crippen molar-refractivity contribution in [3.63, 3.8) is 0 Å². The Morgan fingerprint density at radius 3 is 2.49 bits per heavy atom. The monoisotopic (exact) mass is 506 g/mol. The molecule has 1 saturated carbocycles. The topological polar surface area (TPSA) is 75.2 Å². The summed E-state index contributed by atoms with van der Waals surface area (Å²) in [5, 5.41) is 1.31. The van der Waals surface area contributed by atoms with Gasteiger partial charge in [-0.05, 0) is 70.8 Å². The second-order valence-electron chi connectivity index (χ2n) is 9.64. The number of benzene rings is 1. The van der Waals surface area contributed by atoms with Gasteiger partial charge in [-0.25, -0.2) is 18.5 Å². The molecule has 0 spiro atoms. The van der Waals surface area contributed by atoms with Crippen molar-refractivity contribution in [2.45, 2.75) is 50.2 Å². The van der Waals surface area contributed by atoms with Crippen LogP contribution in [0.2, 0.25) is 0 Å². The van der Waals surface area contributed by atoms with E-state index in [2.05, 4.69) is 21.2 Å². The van der Waals surface area contributed by atoms with E-state index < -0.39 is 5.60 Å². The smallest absolute Gasteiger partial charge is 0.410 e. The molecule has 1 aliphatic heterocycles. The second-order valence-corrected chi connectivity index (χ2v) is 10.8. The number of hydrogen-bond acceptors (Lipinski definition) is 8. The van der Waals surface area contributed by atoms with Gasteiger partial charge in [0.15, 0.2) is 0 Å². The van der Waals surface area contributed by atoms with Crippen LogP contribution in [0.3, 0.4) is 0 Å². The summed E-state index contributed by atoms with van der Waals surface area (Å²) in [6, 6.07) is 5.39. The molecular formula is C25H35FN4O4S. The number of piperazine rings is 1. The normalized spacial score (nSPS) is 16.9. The first-order valence-electron chi connectivity index (χ1n) is 11.8. The van der Waals surface area contributed by atoms with Gasteiger partial charge in [-0.1, -0.05) is 0 Å². The van der Waals surface area contributed by atoms with E-state index in [1.54, 1.807) is 18.1 Å². The van der Waals surface area contributed by atoms with E-state index in [1.807, 2.05) is 32.9 Å². The van der Waals surface area contributed by atoms with E-state index in [0.29, 0.717) is 11.3 Å². The number of nitrogens with zero attached hydrogens (tertiary/aromatic N) is 4. The summed E-state index contributed by atoms with van der Waals surface area (Å²) in [5.41, 5.74) is -0.493. The summed E-state index contributed by atoms with van der Waals surface area (Å²) in [7, 11) is 3.65. The largest absolute Gasteiger partial charge is 0.480 e. The maximum absolute atomic E-state index is 14.1. The number of halogens is 1. The van der Waals surface area contributed by atoms with Gasteiger partial charge in [-0.15, -0.1) is 0 Å². The van der Waals surface area contributed by atoms with Gasteiger partial charge in [0.1, 0.15) is 17.7 Å². The first-order valence-corrected chi connectivity index (χ1v) is 12.6. The minimum atomic E-state index is -0.493. The number of likely N-dealkylation sites (N-methyl/N-ethyl adjacent to an activating group) is 1. The molecule has 2 aliphatic rings. The van der Waals surface area contributed by atoms with Crippen LogP contribution in [0.25, 0.3) is 10.8 Å². The molecule has 2 aromatic rings. The fourth-order valence-electron chi connectivity index (χ4n) is 3.61. The molecule has 35 heavy (non-hydrogen) atoms. The zero-order chi connectivity index (χ0) is 25.6. The lowest BCUT2D eigenvalue weighted by molar-refractivity contribution is -0.109. The zero-order valence-corrected chi connectivity index (χ0v) is 21.9. The number of carbonyl (C=O) groups excluding carboxylic acids is 2. The van der Waals surface area contributed by atoms with Crippen LogP contribution in [0.4, 0.5) is 9.18 Å². The van der Waals surface area contributed by atoms with E-state index in [-0.39, 0.29) is 24.5 Å². The molecule has 192 valence electrons. The van der Waals surface area contributed by atoms with Crippen molar-refractivity contribution < 1.29 is 23.5 Å². The number of rotatable bonds is 6. The lowest BCUT2D eigenvalue weighted by atomic mass is 10.1. The molecule has 0 N–H and O–H groups in total. The standard InChI is InChI=1S/C15H18FN3OS.C10H17NO3/c1-18-7-9-19(10-8-18)21-13-4-3-12(16)14-11(13)5-6-17-15(14)20-2;1-10(2,3)14-9(13)11(6-7-12)8-4-5-8/h3-6H,7-10H2,1-2H3;7-8H,4-6H2,1-3H3. The third-order valence-electron chi connectivity index (χ3n) is 5.57. The van der Waals surface area contributed by atoms with Crippen LogP contribution in [0.5, 0.6) is 5.88 Å². The molecule has 0 atom stereocenters. The SMILES string of the molecule is CC(C)(C)OC(=O)N(CC=O)C1CC1.COc1nccc2c(SN3CCN(C)CC3)ccc(F)c12. The lowest BCUT2D eigenvalue weighted by Crippen LogP contribution is -2.40. The van der Waals surface area contributed by atoms with Crippen molar-refractivity contribution >= 4 is 35.1 Å². The van der Waals surface area contributed by atoms with Crippen LogP contribution >= 0.6 is 11.9 Å². The van der Waals surface area contributed by atoms with Crippen molar-refractivity contribution in [3.8, 4) is 5.88 Å². The molecule has 1 saturated heterocycles. The molecule has 1 aliphatic carbocycles. The van der Waals surface area contributed by atoms with Gasteiger partial charge in [0, 0.05) is 48.7 Å². The summed E-state index contributed by atoms with van der Waals surface area (Å²) < 4.78 is 26.8. The Morgan fingerprint density at radius 1 is 1.23 bits per heavy atom. The Bertz CT molecular complexity index is 1020. The van der Waals surface area contributed by atoms with Crippen LogP contribution in [-0.2, 0) is 9.53 Å². The van der Waals surface area contributed by atoms with Crippen LogP contribution < -0.4 is 4.74 Å². The number of aromatic nitrogens is 1. The predicted molar refractivity (Wildman–Crippen MR) is 135 cm³/mol. The number of carbonyl (C=O) groups is 2. The van der Waals surface area contributed by atoms with E-state index >= 15 is 0 Å². The highest BCUT2D eigenvalue weighted by Gasteiger charge is 2.34. The van der Waals surface area contributed by atoms with Crippen molar-refractivity contribution in [2.24, 2.45) is 0 Å². The molecule has 4 rings (SSSR count). The average Bonchev–Trinajstić information content (AvgIpc) is 3.65. The van der Waals surface area contributed by atoms with Gasteiger partial charge < -0.3 is 19.2 Å². The minimum absolute atomic E-state index is 0.138. The summed E-state index contributed by atoms with van der Waals surface area (Å²) in [6.45, 7) is 9.70. The lowest BCUT2D eigenvalue weighted by Gasteiger charge is -2.31. The summed E-state index contributed by atoms with van der Waals surface area (Å²) in [6.07, 6.45) is 3.98. The molecule has 0 bridgehead atoms. The Labute approximate surface area is 210 Å². The van der Waals surface area contributed by atoms with Crippen molar-refractivity contribution in [2.75, 3.05) is 46.9 Å². The fraction of sp³-hybridized carbons (Fsp3) is 0.560. The van der Waals surface area contributed by atoms with E-state index in [9.17, 15) is 14.0 Å². The van der Waals surface area contributed by atoms with E-state index in [0.717, 1.165) is 55.6 Å². The second kappa shape index (κ2) is 12.0. The number of aldehydes is 1. The van der Waals surface area contributed by atoms with Crippen LogP contribution in [0.15, 0.2) is 29.3 Å². The Balaban J connectivity index is 0.000000214. The number of hydrogen-bond donors (Lipinski definition) is 0. The summed E-state index contributed by atoms with van der Waals surface area (Å²) >= 11 is 1.68. The zero-order valence-electron chi connectivity index (χ0n) is 21.1. The van der Waals surface area contributed by atoms with Crippen molar-refractivity contribution in [1.82, 2.24) is 19.1 Å². The Hall–Kier alpha value is -2.43. The number of pyridine rings is 1. The fourth-order valence-corrected chi connectivity index (χ4v) is 4.63. The third-order valence-corrected chi connectivity index (χ3v) is 6.75. The Kier molecular flexibility index (Phi) is 9.32. The number of ether oxygens (including phenoxy) is 2. The van der Waals surface area contributed by atoms with Gasteiger partial charge >= 0.3 is 6.09 Å². The van der Waals surface area contributed by atoms with Crippen LogP contribution in [-0.4, -0.2) is 90.0 Å². The Morgan fingerprint density at radius 2 is 1.91 bits per heavy atom. The molecule has 8 nitrogen and oxygen atoms in total. The van der Waals surface area contributed by atoms with Crippen molar-refractivity contribution in [3.05, 3.63) is 30.2 Å². The highest BCUT2D eigenvalue weighted by Crippen LogP contribution is 2.35. The minimum Gasteiger partial charge on any atom is -0.480 e. The molecule has 1 aromatic carbocycles. The quantitative estimate of drug-likeness (QED) is 0.426. The molecule has 1 aromatic heterocycles. The van der Waals surface area contributed by atoms with Crippen LogP contribution in [0, 0.1) is 5.82 Å². The molecule has 2 fully saturated rings.